The van der Waals surface area contributed by atoms with E-state index in [2.05, 4.69) is 45.2 Å². The zero-order chi connectivity index (χ0) is 27.4. The number of hydrogen-bond donors (Lipinski definition) is 2. The van der Waals surface area contributed by atoms with Crippen molar-refractivity contribution < 1.29 is 24.2 Å². The Labute approximate surface area is 252 Å². The number of nitrogens with zero attached hydrogens (tertiary/aromatic N) is 2. The first kappa shape index (κ1) is 28.5. The van der Waals surface area contributed by atoms with Crippen molar-refractivity contribution in [1.29, 1.82) is 0 Å². The van der Waals surface area contributed by atoms with Crippen LogP contribution in [-0.4, -0.2) is 60.2 Å². The number of hydrogen-bond acceptors (Lipinski definition) is 5. The molecule has 10 heteroatoms. The summed E-state index contributed by atoms with van der Waals surface area (Å²) in [5, 5.41) is 9.76. The molecule has 3 aliphatic rings. The Morgan fingerprint density at radius 2 is 1.84 bits per heavy atom. The minimum Gasteiger partial charge on any atom is -0.432 e. The van der Waals surface area contributed by atoms with Gasteiger partial charge in [-0.2, -0.15) is 0 Å². The molecule has 7 nitrogen and oxygen atoms in total. The van der Waals surface area contributed by atoms with Crippen molar-refractivity contribution in [1.82, 2.24) is 4.90 Å². The van der Waals surface area contributed by atoms with E-state index in [0.29, 0.717) is 13.1 Å². The summed E-state index contributed by atoms with van der Waals surface area (Å²) in [5.41, 5.74) is 1.09. The highest BCUT2D eigenvalue weighted by Gasteiger charge is 2.66. The van der Waals surface area contributed by atoms with Crippen LogP contribution in [0, 0.1) is 13.1 Å². The molecule has 5 atom stereocenters. The van der Waals surface area contributed by atoms with Gasteiger partial charge in [0, 0.05) is 30.7 Å². The fourth-order valence-electron chi connectivity index (χ4n) is 6.82. The van der Waals surface area contributed by atoms with Gasteiger partial charge >= 0.3 is 0 Å². The highest BCUT2D eigenvalue weighted by Crippen LogP contribution is 2.60. The summed E-state index contributed by atoms with van der Waals surface area (Å²) in [5.74, 6) is -0.526. The molecule has 0 unspecified atom stereocenters. The summed E-state index contributed by atoms with van der Waals surface area (Å²) in [6, 6.07) is 14.0. The summed E-state index contributed by atoms with van der Waals surface area (Å²) in [7, 11) is -2.86. The third-order valence-electron chi connectivity index (χ3n) is 8.48. The van der Waals surface area contributed by atoms with Crippen LogP contribution >= 0.6 is 45.2 Å². The summed E-state index contributed by atoms with van der Waals surface area (Å²) in [6.45, 7) is 6.73. The SMILES string of the molecule is C[C@H]1[C@H]([Si](C)(C)O)[C@@H](CC(=O)N2CCC[C@H]2CO)O[C@]12C(=O)N(Cc1ccc(I)cc1)c1ccc(I)cc12. The molecular weight excluding hydrogens is 726 g/mol. The molecule has 38 heavy (non-hydrogen) atoms. The molecule has 0 radical (unpaired) electrons. The average Bonchev–Trinajstić information content (AvgIpc) is 3.51. The molecule has 2 aromatic rings. The summed E-state index contributed by atoms with van der Waals surface area (Å²) in [4.78, 5) is 42.9. The molecule has 2 fully saturated rings. The lowest BCUT2D eigenvalue weighted by Gasteiger charge is -2.32. The number of likely N-dealkylation sites (tertiary alicyclic amines) is 1. The number of aliphatic hydroxyl groups is 1. The first-order valence-corrected chi connectivity index (χ1v) is 18.3. The second-order valence-corrected chi connectivity index (χ2v) is 17.8. The van der Waals surface area contributed by atoms with Crippen LogP contribution in [0.3, 0.4) is 0 Å². The number of carbonyl (C=O) groups excluding carboxylic acids is 2. The van der Waals surface area contributed by atoms with Crippen LogP contribution < -0.4 is 4.90 Å². The first-order chi connectivity index (χ1) is 18.0. The van der Waals surface area contributed by atoms with E-state index in [4.69, 9.17) is 4.74 Å². The molecule has 3 heterocycles. The molecule has 1 spiro atoms. The van der Waals surface area contributed by atoms with Crippen molar-refractivity contribution in [3.05, 3.63) is 60.7 Å². The molecule has 0 saturated carbocycles. The normalized spacial score (nSPS) is 29.0. The van der Waals surface area contributed by atoms with E-state index in [-0.39, 0.29) is 42.3 Å². The predicted octanol–water partition coefficient (Wildman–Crippen LogP) is 4.61. The number of carbonyl (C=O) groups is 2. The molecule has 2 N–H and O–H groups in total. The average molecular weight is 760 g/mol. The van der Waals surface area contributed by atoms with E-state index < -0.39 is 20.0 Å². The van der Waals surface area contributed by atoms with Gasteiger partial charge in [-0.25, -0.2) is 0 Å². The summed E-state index contributed by atoms with van der Waals surface area (Å²) >= 11 is 4.53. The quantitative estimate of drug-likeness (QED) is 0.332. The number of aliphatic hydroxyl groups excluding tert-OH is 1. The van der Waals surface area contributed by atoms with Gasteiger partial charge in [-0.1, -0.05) is 19.1 Å². The van der Waals surface area contributed by atoms with Crippen molar-refractivity contribution in [2.24, 2.45) is 5.92 Å². The molecule has 2 amide bonds. The Balaban J connectivity index is 1.53. The number of amides is 2. The van der Waals surface area contributed by atoms with Crippen molar-refractivity contribution in [3.63, 3.8) is 0 Å². The van der Waals surface area contributed by atoms with Crippen LogP contribution in [0.5, 0.6) is 0 Å². The third kappa shape index (κ3) is 4.87. The molecule has 204 valence electrons. The van der Waals surface area contributed by atoms with Crippen molar-refractivity contribution in [2.75, 3.05) is 18.1 Å². The number of benzene rings is 2. The van der Waals surface area contributed by atoms with Gasteiger partial charge in [0.25, 0.3) is 5.91 Å². The van der Waals surface area contributed by atoms with Gasteiger partial charge in [0.2, 0.25) is 5.91 Å². The minimum absolute atomic E-state index is 0.0565. The monoisotopic (exact) mass is 760 g/mol. The molecule has 0 aromatic heterocycles. The molecule has 5 rings (SSSR count). The lowest BCUT2D eigenvalue weighted by Crippen LogP contribution is -2.46. The molecule has 0 aliphatic carbocycles. The van der Waals surface area contributed by atoms with Crippen LogP contribution in [0.4, 0.5) is 5.69 Å². The highest BCUT2D eigenvalue weighted by atomic mass is 127. The van der Waals surface area contributed by atoms with Crippen LogP contribution in [-0.2, 0) is 26.5 Å². The first-order valence-electron chi connectivity index (χ1n) is 13.1. The highest BCUT2D eigenvalue weighted by molar-refractivity contribution is 14.1. The van der Waals surface area contributed by atoms with E-state index in [1.54, 1.807) is 9.80 Å². The lowest BCUT2D eigenvalue weighted by molar-refractivity contribution is -0.150. The molecule has 2 saturated heterocycles. The molecule has 3 aliphatic heterocycles. The van der Waals surface area contributed by atoms with E-state index in [0.717, 1.165) is 36.8 Å². The van der Waals surface area contributed by atoms with Gasteiger partial charge in [-0.3, -0.25) is 9.59 Å². The molecule has 0 bridgehead atoms. The van der Waals surface area contributed by atoms with Gasteiger partial charge < -0.3 is 24.4 Å². The third-order valence-corrected chi connectivity index (χ3v) is 12.4. The van der Waals surface area contributed by atoms with Crippen molar-refractivity contribution in [3.8, 4) is 0 Å². The maximum atomic E-state index is 14.4. The minimum atomic E-state index is -2.86. The lowest BCUT2D eigenvalue weighted by atomic mass is 9.82. The second kappa shape index (κ2) is 10.7. The maximum absolute atomic E-state index is 14.4. The molecule has 2 aromatic carbocycles. The maximum Gasteiger partial charge on any atom is 0.264 e. The van der Waals surface area contributed by atoms with Crippen LogP contribution in [0.25, 0.3) is 0 Å². The van der Waals surface area contributed by atoms with Gasteiger partial charge in [0.1, 0.15) is 0 Å². The largest absolute Gasteiger partial charge is 0.432 e. The van der Waals surface area contributed by atoms with Crippen LogP contribution in [0.2, 0.25) is 18.6 Å². The van der Waals surface area contributed by atoms with Crippen molar-refractivity contribution in [2.45, 2.75) is 69.1 Å². The molecular formula is C28H34I2N2O5Si. The number of fused-ring (bicyclic) bond motifs is 2. The van der Waals surface area contributed by atoms with E-state index in [9.17, 15) is 19.5 Å². The van der Waals surface area contributed by atoms with E-state index in [1.807, 2.05) is 62.5 Å². The topological polar surface area (TPSA) is 90.3 Å². The second-order valence-electron chi connectivity index (χ2n) is 11.3. The van der Waals surface area contributed by atoms with E-state index >= 15 is 0 Å². The Morgan fingerprint density at radius 3 is 2.50 bits per heavy atom. The Kier molecular flexibility index (Phi) is 8.04. The summed E-state index contributed by atoms with van der Waals surface area (Å²) < 4.78 is 8.94. The Bertz CT molecular complexity index is 1240. The Morgan fingerprint density at radius 1 is 1.16 bits per heavy atom. The summed E-state index contributed by atoms with van der Waals surface area (Å²) in [6.07, 6.45) is 1.16. The van der Waals surface area contributed by atoms with Crippen LogP contribution in [0.1, 0.15) is 37.3 Å². The number of rotatable bonds is 6. The Hall–Kier alpha value is -1.06. The van der Waals surface area contributed by atoms with Gasteiger partial charge in [0.05, 0.1) is 37.4 Å². The fraction of sp³-hybridized carbons (Fsp3) is 0.500. The zero-order valence-electron chi connectivity index (χ0n) is 21.9. The van der Waals surface area contributed by atoms with Crippen LogP contribution in [0.15, 0.2) is 42.5 Å². The van der Waals surface area contributed by atoms with Gasteiger partial charge in [-0.15, -0.1) is 0 Å². The fourth-order valence-corrected chi connectivity index (χ4v) is 10.2. The van der Waals surface area contributed by atoms with Gasteiger partial charge in [-0.05, 0) is 107 Å². The number of halogens is 2. The zero-order valence-corrected chi connectivity index (χ0v) is 27.2. The van der Waals surface area contributed by atoms with E-state index in [1.165, 1.54) is 0 Å². The van der Waals surface area contributed by atoms with Crippen molar-refractivity contribution >= 4 is 71.0 Å². The standard InChI is InChI=1S/C28H34I2N2O5Si/c1-17-26(38(2,3)36)24(14-25(34)31-12-4-5-21(31)16-33)37-28(17)22-13-20(30)10-11-23(22)32(27(28)35)15-18-6-8-19(29)9-7-18/h6-11,13,17,21,24,26,33,36H,4-5,12,14-16H2,1-3H3/t17-,21-,24+,26-,28+/m0/s1. The number of ether oxygens (including phenoxy) is 1. The van der Waals surface area contributed by atoms with Gasteiger partial charge in [0.15, 0.2) is 13.9 Å². The smallest absolute Gasteiger partial charge is 0.264 e. The number of anilines is 1. The predicted molar refractivity (Wildman–Crippen MR) is 165 cm³/mol.